The molecule has 0 saturated carbocycles. The molecule has 0 amide bonds. The topological polar surface area (TPSA) is 9.23 Å². The van der Waals surface area contributed by atoms with Crippen LogP contribution in [-0.4, -0.2) is 0 Å². The molecule has 0 atom stereocenters. The van der Waals surface area contributed by atoms with Gasteiger partial charge in [-0.2, -0.15) is 0 Å². The fourth-order valence-corrected chi connectivity index (χ4v) is 4.28. The van der Waals surface area contributed by atoms with Crippen LogP contribution in [0.3, 0.4) is 0 Å². The van der Waals surface area contributed by atoms with Crippen molar-refractivity contribution in [2.45, 2.75) is 117 Å². The van der Waals surface area contributed by atoms with E-state index in [1.807, 2.05) is 0 Å². The van der Waals surface area contributed by atoms with E-state index in [1.165, 1.54) is 101 Å². The minimum atomic E-state index is 0. The van der Waals surface area contributed by atoms with Gasteiger partial charge in [-0.1, -0.05) is 127 Å². The second-order valence-electron chi connectivity index (χ2n) is 9.06. The Morgan fingerprint density at radius 1 is 0.529 bits per heavy atom. The Morgan fingerprint density at radius 3 is 1.24 bits per heavy atom. The normalized spacial score (nSPS) is 10.2. The van der Waals surface area contributed by atoms with Crippen LogP contribution in [0.2, 0.25) is 0 Å². The van der Waals surface area contributed by atoms with Crippen LogP contribution in [0.25, 0.3) is 0 Å². The first-order chi connectivity index (χ1) is 16.3. The second kappa shape index (κ2) is 23.7. The Balaban J connectivity index is 0. The van der Waals surface area contributed by atoms with Crippen molar-refractivity contribution >= 4 is 0 Å². The molecule has 0 N–H and O–H groups in total. The maximum atomic E-state index is 6.46. The molecule has 0 aromatic heterocycles. The Kier molecular flexibility index (Phi) is 23.0. The van der Waals surface area contributed by atoms with Crippen molar-refractivity contribution in [3.8, 4) is 11.5 Å². The Labute approximate surface area is 235 Å². The summed E-state index contributed by atoms with van der Waals surface area (Å²) in [5, 5.41) is 0. The minimum Gasteiger partial charge on any atom is -1.00 e. The van der Waals surface area contributed by atoms with E-state index in [0.29, 0.717) is 0 Å². The van der Waals surface area contributed by atoms with Crippen LogP contribution in [0, 0.1) is 0 Å². The van der Waals surface area contributed by atoms with E-state index in [1.54, 1.807) is 0 Å². The van der Waals surface area contributed by atoms with E-state index in [9.17, 15) is 0 Å². The third-order valence-corrected chi connectivity index (χ3v) is 6.26. The van der Waals surface area contributed by atoms with E-state index < -0.39 is 0 Å². The molecule has 0 aliphatic heterocycles. The molecular formula is C32H51NaO. The molecule has 0 fully saturated rings. The van der Waals surface area contributed by atoms with Gasteiger partial charge in [0, 0.05) is 0 Å². The standard InChI is InChI=1S/C30H46O.C2H4.Na.H/c1-3-5-7-9-11-13-15-21-27-23-17-19-25-29(27)31-30-26-20-18-24-28(30)22-16-14-12-10-8-6-4-2;1-2;;/h17-20,23-26H,3-16,21-22H2,1-2H3;1-2H2;;/q;;+1;-1. The van der Waals surface area contributed by atoms with Crippen LogP contribution < -0.4 is 34.3 Å². The largest absolute Gasteiger partial charge is 1.00 e. The first kappa shape index (κ1) is 33.0. The van der Waals surface area contributed by atoms with Crippen LogP contribution in [0.4, 0.5) is 0 Å². The fourth-order valence-electron chi connectivity index (χ4n) is 4.28. The van der Waals surface area contributed by atoms with Crippen molar-refractivity contribution in [3.05, 3.63) is 72.8 Å². The summed E-state index contributed by atoms with van der Waals surface area (Å²) in [7, 11) is 0. The Morgan fingerprint density at radius 2 is 0.853 bits per heavy atom. The Hall–Kier alpha value is -1.02. The summed E-state index contributed by atoms with van der Waals surface area (Å²) in [6.45, 7) is 10.6. The van der Waals surface area contributed by atoms with Crippen molar-refractivity contribution in [2.75, 3.05) is 0 Å². The molecule has 0 aliphatic rings. The van der Waals surface area contributed by atoms with E-state index in [0.717, 1.165) is 24.3 Å². The average molecular weight is 475 g/mol. The molecule has 0 aliphatic carbocycles. The van der Waals surface area contributed by atoms with Crippen molar-refractivity contribution in [2.24, 2.45) is 0 Å². The minimum absolute atomic E-state index is 0. The number of ether oxygens (including phenoxy) is 1. The van der Waals surface area contributed by atoms with Gasteiger partial charge >= 0.3 is 29.6 Å². The predicted octanol–water partition coefficient (Wildman–Crippen LogP) is 7.98. The van der Waals surface area contributed by atoms with E-state index in [-0.39, 0.29) is 31.0 Å². The number of unbranched alkanes of at least 4 members (excludes halogenated alkanes) is 12. The summed E-state index contributed by atoms with van der Waals surface area (Å²) in [4.78, 5) is 0. The monoisotopic (exact) mass is 474 g/mol. The average Bonchev–Trinajstić information content (AvgIpc) is 2.86. The molecule has 0 heterocycles. The molecule has 186 valence electrons. The third kappa shape index (κ3) is 15.1. The van der Waals surface area contributed by atoms with Gasteiger partial charge in [-0.3, -0.25) is 0 Å². The SMILES string of the molecule is C=C.CCCCCCCCCc1ccccc1Oc1ccccc1CCCCCCCCC.[H-].[Na+]. The number of para-hydroxylation sites is 2. The molecule has 0 bridgehead atoms. The Bertz CT molecular complexity index is 659. The molecule has 0 unspecified atom stereocenters. The zero-order chi connectivity index (χ0) is 24.0. The van der Waals surface area contributed by atoms with Crippen LogP contribution in [0.1, 0.15) is 116 Å². The number of benzene rings is 2. The van der Waals surface area contributed by atoms with Gasteiger partial charge in [-0.05, 0) is 48.9 Å². The van der Waals surface area contributed by atoms with Gasteiger partial charge in [0.2, 0.25) is 0 Å². The third-order valence-electron chi connectivity index (χ3n) is 6.26. The number of hydrogen-bond donors (Lipinski definition) is 0. The van der Waals surface area contributed by atoms with Gasteiger partial charge in [-0.25, -0.2) is 0 Å². The van der Waals surface area contributed by atoms with E-state index in [2.05, 4.69) is 75.5 Å². The zero-order valence-electron chi connectivity index (χ0n) is 23.8. The molecule has 34 heavy (non-hydrogen) atoms. The van der Waals surface area contributed by atoms with Gasteiger partial charge < -0.3 is 6.16 Å². The summed E-state index contributed by atoms with van der Waals surface area (Å²) in [6.07, 6.45) is 21.1. The summed E-state index contributed by atoms with van der Waals surface area (Å²) in [5.41, 5.74) is 2.70. The second-order valence-corrected chi connectivity index (χ2v) is 9.06. The van der Waals surface area contributed by atoms with Gasteiger partial charge in [0.05, 0.1) is 0 Å². The van der Waals surface area contributed by atoms with Crippen molar-refractivity contribution < 1.29 is 35.7 Å². The van der Waals surface area contributed by atoms with Crippen molar-refractivity contribution in [1.82, 2.24) is 0 Å². The molecule has 0 saturated heterocycles. The summed E-state index contributed by atoms with van der Waals surface area (Å²) < 4.78 is 6.46. The van der Waals surface area contributed by atoms with Crippen molar-refractivity contribution in [1.29, 1.82) is 0 Å². The summed E-state index contributed by atoms with van der Waals surface area (Å²) in [5.74, 6) is 2.08. The molecule has 2 aromatic rings. The van der Waals surface area contributed by atoms with Crippen LogP contribution >= 0.6 is 0 Å². The van der Waals surface area contributed by atoms with Gasteiger partial charge in [0.15, 0.2) is 0 Å². The molecular weight excluding hydrogens is 423 g/mol. The summed E-state index contributed by atoms with van der Waals surface area (Å²) in [6, 6.07) is 17.3. The van der Waals surface area contributed by atoms with E-state index in [4.69, 9.17) is 4.74 Å². The zero-order valence-corrected chi connectivity index (χ0v) is 24.8. The smallest absolute Gasteiger partial charge is 1.00 e. The maximum Gasteiger partial charge on any atom is 1.00 e. The first-order valence-electron chi connectivity index (χ1n) is 13.7. The van der Waals surface area contributed by atoms with Crippen LogP contribution in [-0.2, 0) is 12.8 Å². The number of hydrogen-bond acceptors (Lipinski definition) is 1. The predicted molar refractivity (Wildman–Crippen MR) is 149 cm³/mol. The molecule has 2 heteroatoms. The maximum absolute atomic E-state index is 6.46. The van der Waals surface area contributed by atoms with Gasteiger partial charge in [-0.15, -0.1) is 13.2 Å². The number of rotatable bonds is 18. The first-order valence-corrected chi connectivity index (χ1v) is 13.7. The summed E-state index contributed by atoms with van der Waals surface area (Å²) >= 11 is 0. The van der Waals surface area contributed by atoms with Crippen LogP contribution in [0.15, 0.2) is 61.7 Å². The molecule has 2 aromatic carbocycles. The molecule has 0 radical (unpaired) electrons. The number of aryl methyl sites for hydroxylation is 2. The molecule has 2 rings (SSSR count). The van der Waals surface area contributed by atoms with Crippen molar-refractivity contribution in [3.63, 3.8) is 0 Å². The van der Waals surface area contributed by atoms with Crippen LogP contribution in [0.5, 0.6) is 11.5 Å². The van der Waals surface area contributed by atoms with Gasteiger partial charge in [0.1, 0.15) is 11.5 Å². The van der Waals surface area contributed by atoms with Gasteiger partial charge in [0.25, 0.3) is 0 Å². The fraction of sp³-hybridized carbons (Fsp3) is 0.562. The molecule has 1 nitrogen and oxygen atoms in total. The van der Waals surface area contributed by atoms with E-state index >= 15 is 0 Å². The molecule has 0 spiro atoms. The quantitative estimate of drug-likeness (QED) is 0.121.